The molecule has 4 atom stereocenters. The molecule has 0 radical (unpaired) electrons. The molecule has 28 heavy (non-hydrogen) atoms. The molecule has 0 aliphatic carbocycles. The Morgan fingerprint density at radius 3 is 2.57 bits per heavy atom. The molecule has 150 valence electrons. The van der Waals surface area contributed by atoms with Gasteiger partial charge in [0.05, 0.1) is 20.8 Å². The largest absolute Gasteiger partial charge is 0.493 e. The molecule has 5 heteroatoms. The van der Waals surface area contributed by atoms with Gasteiger partial charge in [-0.05, 0) is 62.1 Å². The summed E-state index contributed by atoms with van der Waals surface area (Å²) in [5, 5.41) is 0.804. The summed E-state index contributed by atoms with van der Waals surface area (Å²) in [5.74, 6) is 2.92. The van der Waals surface area contributed by atoms with Gasteiger partial charge in [-0.15, -0.1) is 0 Å². The van der Waals surface area contributed by atoms with Crippen molar-refractivity contribution in [2.75, 3.05) is 27.9 Å². The molecular weight excluding hydrogens is 374 g/mol. The summed E-state index contributed by atoms with van der Waals surface area (Å²) in [7, 11) is 5.55. The third kappa shape index (κ3) is 3.56. The number of para-hydroxylation sites is 1. The van der Waals surface area contributed by atoms with Crippen LogP contribution < -0.4 is 14.2 Å². The van der Waals surface area contributed by atoms with E-state index in [0.717, 1.165) is 17.2 Å². The Kier molecular flexibility index (Phi) is 5.70. The van der Waals surface area contributed by atoms with Crippen molar-refractivity contribution in [2.45, 2.75) is 37.3 Å². The Morgan fingerprint density at radius 2 is 1.82 bits per heavy atom. The summed E-state index contributed by atoms with van der Waals surface area (Å²) in [6.45, 7) is 0.641. The highest BCUT2D eigenvalue weighted by atomic mass is 35.5. The molecule has 2 aliphatic rings. The lowest BCUT2D eigenvalue weighted by atomic mass is 9.76. The molecule has 0 N–H and O–H groups in total. The van der Waals surface area contributed by atoms with Crippen molar-refractivity contribution < 1.29 is 14.2 Å². The van der Waals surface area contributed by atoms with Crippen LogP contribution in [-0.2, 0) is 0 Å². The van der Waals surface area contributed by atoms with E-state index in [9.17, 15) is 0 Å². The van der Waals surface area contributed by atoms with Gasteiger partial charge in [0, 0.05) is 23.0 Å². The number of halogens is 1. The van der Waals surface area contributed by atoms with Crippen molar-refractivity contribution in [1.29, 1.82) is 0 Å². The van der Waals surface area contributed by atoms with E-state index in [2.05, 4.69) is 30.1 Å². The van der Waals surface area contributed by atoms with Crippen LogP contribution in [-0.4, -0.2) is 44.9 Å². The molecule has 2 heterocycles. The highest BCUT2D eigenvalue weighted by Gasteiger charge is 2.46. The number of hydrogen-bond donors (Lipinski definition) is 0. The summed E-state index contributed by atoms with van der Waals surface area (Å²) in [6.07, 6.45) is 3.63. The zero-order valence-electron chi connectivity index (χ0n) is 16.7. The lowest BCUT2D eigenvalue weighted by molar-refractivity contribution is 0.0656. The number of hydrogen-bond acceptors (Lipinski definition) is 4. The number of nitrogens with zero attached hydrogens (tertiary/aromatic N) is 1. The van der Waals surface area contributed by atoms with Crippen LogP contribution in [0.1, 0.15) is 30.7 Å². The van der Waals surface area contributed by atoms with Gasteiger partial charge < -0.3 is 19.1 Å². The van der Waals surface area contributed by atoms with E-state index in [0.29, 0.717) is 42.0 Å². The number of benzene rings is 2. The van der Waals surface area contributed by atoms with Crippen LogP contribution in [0, 0.1) is 5.92 Å². The lowest BCUT2D eigenvalue weighted by Crippen LogP contribution is -2.47. The van der Waals surface area contributed by atoms with E-state index in [1.165, 1.54) is 18.4 Å². The van der Waals surface area contributed by atoms with E-state index >= 15 is 0 Å². The first-order valence-corrected chi connectivity index (χ1v) is 10.3. The predicted octanol–water partition coefficient (Wildman–Crippen LogP) is 5.00. The quantitative estimate of drug-likeness (QED) is 0.681. The normalized spacial score (nSPS) is 26.9. The van der Waals surface area contributed by atoms with E-state index in [4.69, 9.17) is 25.8 Å². The molecule has 4 rings (SSSR count). The van der Waals surface area contributed by atoms with Crippen molar-refractivity contribution in [1.82, 2.24) is 4.90 Å². The van der Waals surface area contributed by atoms with Crippen LogP contribution in [0.5, 0.6) is 17.2 Å². The van der Waals surface area contributed by atoms with Crippen LogP contribution in [0.4, 0.5) is 0 Å². The smallest absolute Gasteiger partial charge is 0.203 e. The van der Waals surface area contributed by atoms with Gasteiger partial charge in [-0.3, -0.25) is 0 Å². The van der Waals surface area contributed by atoms with Crippen LogP contribution in [0.15, 0.2) is 42.5 Å². The number of methoxy groups -OCH3 is 2. The van der Waals surface area contributed by atoms with E-state index in [1.54, 1.807) is 14.2 Å². The third-order valence-corrected chi connectivity index (χ3v) is 6.74. The number of rotatable bonds is 6. The average molecular weight is 402 g/mol. The molecule has 0 saturated carbocycles. The maximum absolute atomic E-state index is 6.33. The summed E-state index contributed by atoms with van der Waals surface area (Å²) < 4.78 is 17.3. The van der Waals surface area contributed by atoms with Gasteiger partial charge >= 0.3 is 0 Å². The molecule has 2 aromatic rings. The van der Waals surface area contributed by atoms with Crippen LogP contribution in [0.2, 0.25) is 5.02 Å². The Hall–Kier alpha value is -1.91. The third-order valence-electron chi connectivity index (χ3n) is 6.51. The first-order valence-electron chi connectivity index (χ1n) is 9.93. The van der Waals surface area contributed by atoms with Crippen molar-refractivity contribution in [3.63, 3.8) is 0 Å². The fourth-order valence-corrected chi connectivity index (χ4v) is 5.28. The van der Waals surface area contributed by atoms with Crippen LogP contribution >= 0.6 is 11.6 Å². The topological polar surface area (TPSA) is 30.9 Å². The molecule has 2 aliphatic heterocycles. The maximum Gasteiger partial charge on any atom is 0.203 e. The Bertz CT molecular complexity index is 827. The highest BCUT2D eigenvalue weighted by Crippen LogP contribution is 2.47. The number of fused-ring (bicyclic) bond motifs is 2. The van der Waals surface area contributed by atoms with Gasteiger partial charge in [0.1, 0.15) is 0 Å². The molecule has 2 unspecified atom stereocenters. The molecule has 2 aromatic carbocycles. The van der Waals surface area contributed by atoms with E-state index in [-0.39, 0.29) is 0 Å². The second kappa shape index (κ2) is 8.22. The summed E-state index contributed by atoms with van der Waals surface area (Å²) in [5.41, 5.74) is 1.32. The fourth-order valence-electron chi connectivity index (χ4n) is 5.08. The summed E-state index contributed by atoms with van der Waals surface area (Å²) >= 11 is 6.30. The van der Waals surface area contributed by atoms with Crippen molar-refractivity contribution in [3.8, 4) is 17.2 Å². The second-order valence-corrected chi connectivity index (χ2v) is 8.26. The van der Waals surface area contributed by atoms with Gasteiger partial charge in [-0.25, -0.2) is 0 Å². The van der Waals surface area contributed by atoms with Crippen LogP contribution in [0.25, 0.3) is 0 Å². The Morgan fingerprint density at radius 1 is 1.04 bits per heavy atom. The summed E-state index contributed by atoms with van der Waals surface area (Å²) in [4.78, 5) is 2.55. The molecule has 2 fully saturated rings. The molecule has 0 spiro atoms. The molecule has 0 aromatic heterocycles. The average Bonchev–Trinajstić information content (AvgIpc) is 2.95. The number of piperidine rings is 1. The first kappa shape index (κ1) is 19.4. The Balaban J connectivity index is 1.60. The van der Waals surface area contributed by atoms with Gasteiger partial charge in [0.25, 0.3) is 0 Å². The van der Waals surface area contributed by atoms with Crippen LogP contribution in [0.3, 0.4) is 0 Å². The lowest BCUT2D eigenvalue weighted by Gasteiger charge is -2.43. The van der Waals surface area contributed by atoms with E-state index < -0.39 is 0 Å². The van der Waals surface area contributed by atoms with Gasteiger partial charge in [-0.1, -0.05) is 29.8 Å². The maximum atomic E-state index is 6.33. The predicted molar refractivity (Wildman–Crippen MR) is 112 cm³/mol. The molecule has 4 nitrogen and oxygen atoms in total. The van der Waals surface area contributed by atoms with Gasteiger partial charge in [0.2, 0.25) is 5.75 Å². The van der Waals surface area contributed by atoms with Crippen molar-refractivity contribution in [3.05, 3.63) is 53.1 Å². The second-order valence-electron chi connectivity index (χ2n) is 7.83. The zero-order valence-corrected chi connectivity index (χ0v) is 17.5. The first-order chi connectivity index (χ1) is 13.6. The van der Waals surface area contributed by atoms with Gasteiger partial charge in [0.15, 0.2) is 11.5 Å². The minimum Gasteiger partial charge on any atom is -0.493 e. The van der Waals surface area contributed by atoms with Crippen molar-refractivity contribution >= 4 is 11.6 Å². The van der Waals surface area contributed by atoms with E-state index in [1.807, 2.05) is 24.3 Å². The SMILES string of the molecule is COc1cccc(OC[C@@H]2C3CCC(C[C@H]2c2cccc(Cl)c2)N3C)c1OC. The van der Waals surface area contributed by atoms with Gasteiger partial charge in [-0.2, -0.15) is 0 Å². The molecular formula is C23H28ClNO3. The minimum absolute atomic E-state index is 0.401. The molecule has 2 bridgehead atoms. The van der Waals surface area contributed by atoms with Crippen molar-refractivity contribution in [2.24, 2.45) is 5.92 Å². The summed E-state index contributed by atoms with van der Waals surface area (Å²) in [6, 6.07) is 15.3. The zero-order chi connectivity index (χ0) is 19.7. The highest BCUT2D eigenvalue weighted by molar-refractivity contribution is 6.30. The fraction of sp³-hybridized carbons (Fsp3) is 0.478. The Labute approximate surface area is 172 Å². The molecule has 0 amide bonds. The monoisotopic (exact) mass is 401 g/mol. The standard InChI is InChI=1S/C23H28ClNO3/c1-25-17-10-11-20(25)19(18(13-17)15-6-4-7-16(24)12-15)14-28-22-9-5-8-21(26-2)23(22)27-3/h4-9,12,17-20H,10-11,13-14H2,1-3H3/t17?,18-,19-,20?/m0/s1. The minimum atomic E-state index is 0.401. The molecule has 2 saturated heterocycles. The number of ether oxygens (including phenoxy) is 3.